The molecule has 0 radical (unpaired) electrons. The summed E-state index contributed by atoms with van der Waals surface area (Å²) in [5, 5.41) is 10.8. The fraction of sp³-hybridized carbons (Fsp3) is 0.321. The molecule has 186 valence electrons. The van der Waals surface area contributed by atoms with Crippen molar-refractivity contribution in [3.8, 4) is 11.4 Å². The molecule has 3 aromatic rings. The first-order valence-electron chi connectivity index (χ1n) is 12.2. The summed E-state index contributed by atoms with van der Waals surface area (Å²) in [5.74, 6) is 1.88. The van der Waals surface area contributed by atoms with Gasteiger partial charge in [-0.15, -0.1) is 0 Å². The highest BCUT2D eigenvalue weighted by molar-refractivity contribution is 5.91. The van der Waals surface area contributed by atoms with Crippen LogP contribution >= 0.6 is 0 Å². The third-order valence-electron chi connectivity index (χ3n) is 6.35. The second-order valence-corrected chi connectivity index (χ2v) is 9.24. The van der Waals surface area contributed by atoms with Crippen molar-refractivity contribution in [2.75, 3.05) is 31.1 Å². The van der Waals surface area contributed by atoms with E-state index in [1.165, 1.54) is 12.1 Å². The van der Waals surface area contributed by atoms with Crippen LogP contribution in [0, 0.1) is 17.0 Å². The molecule has 0 spiro atoms. The Morgan fingerprint density at radius 3 is 2.39 bits per heavy atom. The van der Waals surface area contributed by atoms with E-state index < -0.39 is 4.92 Å². The lowest BCUT2D eigenvalue weighted by atomic mass is 10.0. The van der Waals surface area contributed by atoms with E-state index in [1.807, 2.05) is 42.2 Å². The molecule has 2 aromatic carbocycles. The molecule has 8 heteroatoms. The predicted molar refractivity (Wildman–Crippen MR) is 142 cm³/mol. The van der Waals surface area contributed by atoms with Gasteiger partial charge in [0, 0.05) is 61.2 Å². The van der Waals surface area contributed by atoms with Gasteiger partial charge < -0.3 is 9.80 Å². The molecule has 36 heavy (non-hydrogen) atoms. The van der Waals surface area contributed by atoms with E-state index in [0.717, 1.165) is 47.0 Å². The first-order valence-corrected chi connectivity index (χ1v) is 12.2. The molecule has 4 rings (SSSR count). The second-order valence-electron chi connectivity index (χ2n) is 9.24. The quantitative estimate of drug-likeness (QED) is 0.269. The smallest absolute Gasteiger partial charge is 0.269 e. The van der Waals surface area contributed by atoms with Crippen molar-refractivity contribution in [1.82, 2.24) is 14.9 Å². The minimum Gasteiger partial charge on any atom is -0.354 e. The van der Waals surface area contributed by atoms with Crippen molar-refractivity contribution in [1.29, 1.82) is 0 Å². The Morgan fingerprint density at radius 1 is 1.00 bits per heavy atom. The Kier molecular flexibility index (Phi) is 7.73. The molecule has 8 nitrogen and oxygen atoms in total. The Morgan fingerprint density at radius 2 is 1.72 bits per heavy atom. The van der Waals surface area contributed by atoms with E-state index in [2.05, 4.69) is 18.7 Å². The van der Waals surface area contributed by atoms with Gasteiger partial charge in [-0.05, 0) is 43.0 Å². The van der Waals surface area contributed by atoms with Crippen LogP contribution < -0.4 is 4.90 Å². The minimum absolute atomic E-state index is 0.0298. The van der Waals surface area contributed by atoms with Crippen LogP contribution in [0.15, 0.2) is 60.7 Å². The maximum Gasteiger partial charge on any atom is 0.269 e. The van der Waals surface area contributed by atoms with Crippen LogP contribution in [-0.2, 0) is 4.79 Å². The van der Waals surface area contributed by atoms with Crippen molar-refractivity contribution < 1.29 is 9.72 Å². The predicted octanol–water partition coefficient (Wildman–Crippen LogP) is 5.24. The fourth-order valence-electron chi connectivity index (χ4n) is 4.53. The van der Waals surface area contributed by atoms with E-state index >= 15 is 0 Å². The van der Waals surface area contributed by atoms with Crippen molar-refractivity contribution >= 4 is 23.5 Å². The summed E-state index contributed by atoms with van der Waals surface area (Å²) >= 11 is 0. The lowest BCUT2D eigenvalue weighted by Crippen LogP contribution is -2.35. The largest absolute Gasteiger partial charge is 0.354 e. The van der Waals surface area contributed by atoms with Gasteiger partial charge in [0.05, 0.1) is 4.92 Å². The number of aromatic nitrogens is 2. The SMILES string of the molecule is Cc1nc(-c2ccccc2)nc(N2CCCN(C(=O)C=Cc3ccc([N+](=O)[O-])cc3)CC2)c1C(C)C. The number of amides is 1. The van der Waals surface area contributed by atoms with E-state index in [0.29, 0.717) is 19.6 Å². The van der Waals surface area contributed by atoms with Gasteiger partial charge in [-0.2, -0.15) is 0 Å². The molecule has 0 bridgehead atoms. The highest BCUT2D eigenvalue weighted by Gasteiger charge is 2.24. The summed E-state index contributed by atoms with van der Waals surface area (Å²) in [6.45, 7) is 9.10. The number of nitrogens with zero attached hydrogens (tertiary/aromatic N) is 5. The molecule has 1 amide bonds. The maximum atomic E-state index is 12.9. The number of aryl methyl sites for hydroxylation is 1. The zero-order chi connectivity index (χ0) is 25.7. The van der Waals surface area contributed by atoms with Crippen molar-refractivity contribution in [2.45, 2.75) is 33.1 Å². The topological polar surface area (TPSA) is 92.5 Å². The average molecular weight is 486 g/mol. The zero-order valence-electron chi connectivity index (χ0n) is 20.9. The average Bonchev–Trinajstić information content (AvgIpc) is 3.14. The molecule has 1 saturated heterocycles. The summed E-state index contributed by atoms with van der Waals surface area (Å²) in [4.78, 5) is 37.2. The lowest BCUT2D eigenvalue weighted by Gasteiger charge is -2.27. The number of rotatable bonds is 6. The van der Waals surface area contributed by atoms with Crippen molar-refractivity contribution in [3.05, 3.63) is 87.6 Å². The van der Waals surface area contributed by atoms with Crippen LogP contribution in [0.5, 0.6) is 0 Å². The summed E-state index contributed by atoms with van der Waals surface area (Å²) in [7, 11) is 0. The van der Waals surface area contributed by atoms with E-state index in [4.69, 9.17) is 9.97 Å². The van der Waals surface area contributed by atoms with Crippen LogP contribution in [-0.4, -0.2) is 51.9 Å². The molecule has 1 aromatic heterocycles. The third-order valence-corrected chi connectivity index (χ3v) is 6.35. The van der Waals surface area contributed by atoms with Crippen LogP contribution in [0.1, 0.15) is 43.0 Å². The number of nitro groups is 1. The van der Waals surface area contributed by atoms with Crippen LogP contribution in [0.2, 0.25) is 0 Å². The zero-order valence-corrected chi connectivity index (χ0v) is 20.9. The third kappa shape index (κ3) is 5.76. The molecule has 0 unspecified atom stereocenters. The number of benzene rings is 2. The molecule has 0 aliphatic carbocycles. The Hall–Kier alpha value is -4.07. The van der Waals surface area contributed by atoms with Crippen molar-refractivity contribution in [2.24, 2.45) is 0 Å². The molecular formula is C28H31N5O3. The minimum atomic E-state index is -0.436. The number of hydrogen-bond acceptors (Lipinski definition) is 6. The number of carbonyl (C=O) groups excluding carboxylic acids is 1. The number of carbonyl (C=O) groups is 1. The Balaban J connectivity index is 1.50. The molecule has 1 aliphatic rings. The van der Waals surface area contributed by atoms with Gasteiger partial charge in [0.25, 0.3) is 5.69 Å². The maximum absolute atomic E-state index is 12.9. The summed E-state index contributed by atoms with van der Waals surface area (Å²) < 4.78 is 0. The van der Waals surface area contributed by atoms with E-state index in [1.54, 1.807) is 24.3 Å². The number of hydrogen-bond donors (Lipinski definition) is 0. The standard InChI is InChI=1S/C28H31N5O3/c1-20(2)26-21(3)29-27(23-8-5-4-6-9-23)30-28(26)32-17-7-16-31(18-19-32)25(34)15-12-22-10-13-24(14-11-22)33(35)36/h4-6,8-15,20H,7,16-19H2,1-3H3. The molecule has 1 fully saturated rings. The van der Waals surface area contributed by atoms with Crippen molar-refractivity contribution in [3.63, 3.8) is 0 Å². The van der Waals surface area contributed by atoms with Gasteiger partial charge in [0.15, 0.2) is 5.82 Å². The normalized spacial score (nSPS) is 14.3. The first-order chi connectivity index (χ1) is 17.3. The lowest BCUT2D eigenvalue weighted by molar-refractivity contribution is -0.384. The van der Waals surface area contributed by atoms with E-state index in [-0.39, 0.29) is 17.5 Å². The summed E-state index contributed by atoms with van der Waals surface area (Å²) in [6, 6.07) is 16.2. The Labute approximate surface area is 211 Å². The molecular weight excluding hydrogens is 454 g/mol. The molecule has 0 atom stereocenters. The van der Waals surface area contributed by atoms with Gasteiger partial charge in [-0.3, -0.25) is 14.9 Å². The summed E-state index contributed by atoms with van der Waals surface area (Å²) in [6.07, 6.45) is 4.07. The van der Waals surface area contributed by atoms with Crippen LogP contribution in [0.25, 0.3) is 17.5 Å². The summed E-state index contributed by atoms with van der Waals surface area (Å²) in [5.41, 5.74) is 3.89. The van der Waals surface area contributed by atoms with Gasteiger partial charge >= 0.3 is 0 Å². The van der Waals surface area contributed by atoms with E-state index in [9.17, 15) is 14.9 Å². The van der Waals surface area contributed by atoms with Gasteiger partial charge in [-0.25, -0.2) is 9.97 Å². The highest BCUT2D eigenvalue weighted by Crippen LogP contribution is 2.31. The fourth-order valence-corrected chi connectivity index (χ4v) is 4.53. The molecule has 1 aliphatic heterocycles. The molecule has 0 saturated carbocycles. The van der Waals surface area contributed by atoms with Crippen LogP contribution in [0.3, 0.4) is 0 Å². The van der Waals surface area contributed by atoms with Gasteiger partial charge in [0.1, 0.15) is 5.82 Å². The highest BCUT2D eigenvalue weighted by atomic mass is 16.6. The number of non-ortho nitro benzene ring substituents is 1. The number of nitro benzene ring substituents is 1. The Bertz CT molecular complexity index is 1260. The monoisotopic (exact) mass is 485 g/mol. The van der Waals surface area contributed by atoms with Gasteiger partial charge in [-0.1, -0.05) is 44.2 Å². The molecule has 2 heterocycles. The van der Waals surface area contributed by atoms with Gasteiger partial charge in [0.2, 0.25) is 5.91 Å². The molecule has 0 N–H and O–H groups in total. The second kappa shape index (κ2) is 11.1. The number of anilines is 1. The first kappa shape index (κ1) is 25.0. The van der Waals surface area contributed by atoms with Crippen LogP contribution in [0.4, 0.5) is 11.5 Å².